The molecule has 0 aliphatic rings. The fourth-order valence-electron chi connectivity index (χ4n) is 2.51. The maximum absolute atomic E-state index is 12.5. The van der Waals surface area contributed by atoms with Gasteiger partial charge in [0.25, 0.3) is 11.1 Å². The lowest BCUT2D eigenvalue weighted by Crippen LogP contribution is -2.09. The van der Waals surface area contributed by atoms with Crippen LogP contribution in [0, 0.1) is 0 Å². The number of hydrogen-bond donors (Lipinski definition) is 4. The fourth-order valence-corrected chi connectivity index (χ4v) is 2.88. The van der Waals surface area contributed by atoms with E-state index in [9.17, 15) is 35.9 Å². The van der Waals surface area contributed by atoms with Gasteiger partial charge in [-0.05, 0) is 42.7 Å². The topological polar surface area (TPSA) is 130 Å². The largest absolute Gasteiger partial charge is 0.416 e. The summed E-state index contributed by atoms with van der Waals surface area (Å²) < 4.78 is 73.1. The Bertz CT molecular complexity index is 1440. The van der Waals surface area contributed by atoms with Gasteiger partial charge < -0.3 is 16.0 Å². The van der Waals surface area contributed by atoms with Crippen LogP contribution in [-0.2, 0) is 12.4 Å². The molecule has 202 valence electrons. The van der Waals surface area contributed by atoms with E-state index in [0.29, 0.717) is 5.16 Å². The molecule has 8 nitrogen and oxygen atoms in total. The van der Waals surface area contributed by atoms with Crippen molar-refractivity contribution in [1.82, 2.24) is 19.9 Å². The molecule has 2 aromatic heterocycles. The van der Waals surface area contributed by atoms with Crippen LogP contribution in [0.3, 0.4) is 0 Å². The maximum atomic E-state index is 12.5. The van der Waals surface area contributed by atoms with Crippen molar-refractivity contribution < 1.29 is 26.3 Å². The van der Waals surface area contributed by atoms with Crippen LogP contribution in [0.1, 0.15) is 11.1 Å². The van der Waals surface area contributed by atoms with Crippen molar-refractivity contribution in [3.05, 3.63) is 105 Å². The first-order chi connectivity index (χ1) is 17.8. The molecule has 0 amide bonds. The molecule has 4 aromatic rings. The molecule has 0 unspecified atom stereocenters. The first-order valence-corrected chi connectivity index (χ1v) is 11.5. The number of thioether (sulfide) groups is 1. The van der Waals surface area contributed by atoms with Gasteiger partial charge in [0.1, 0.15) is 0 Å². The average molecular weight is 559 g/mol. The Morgan fingerprint density at radius 3 is 1.82 bits per heavy atom. The van der Waals surface area contributed by atoms with Gasteiger partial charge in [-0.25, -0.2) is 9.97 Å². The molecule has 0 aliphatic carbocycles. The van der Waals surface area contributed by atoms with Crippen LogP contribution in [0.2, 0.25) is 0 Å². The Balaban J connectivity index is 0.000000217. The lowest BCUT2D eigenvalue weighted by Gasteiger charge is -2.09. The van der Waals surface area contributed by atoms with Crippen LogP contribution < -0.4 is 22.2 Å². The Morgan fingerprint density at radius 1 is 0.789 bits per heavy atom. The smallest absolute Gasteiger partial charge is 0.399 e. The van der Waals surface area contributed by atoms with Gasteiger partial charge >= 0.3 is 12.4 Å². The van der Waals surface area contributed by atoms with Crippen molar-refractivity contribution in [2.45, 2.75) is 17.5 Å². The number of aromatic nitrogens is 4. The Kier molecular flexibility index (Phi) is 10.5. The van der Waals surface area contributed by atoms with Crippen LogP contribution in [0.15, 0.2) is 87.8 Å². The number of nitrogens with zero attached hydrogens (tertiary/aromatic N) is 2. The highest BCUT2D eigenvalue weighted by Crippen LogP contribution is 2.31. The predicted octanol–water partition coefficient (Wildman–Crippen LogP) is 5.31. The Morgan fingerprint density at radius 2 is 1.34 bits per heavy atom. The molecule has 2 heterocycles. The van der Waals surface area contributed by atoms with Crippen molar-refractivity contribution in [2.75, 3.05) is 17.3 Å². The monoisotopic (exact) mass is 558 g/mol. The summed E-state index contributed by atoms with van der Waals surface area (Å²) in [5.41, 5.74) is 3.50. The van der Waals surface area contributed by atoms with Crippen LogP contribution in [-0.4, -0.2) is 26.2 Å². The highest BCUT2D eigenvalue weighted by atomic mass is 32.2. The van der Waals surface area contributed by atoms with Gasteiger partial charge in [-0.15, -0.1) is 0 Å². The molecule has 0 atom stereocenters. The van der Waals surface area contributed by atoms with Crippen molar-refractivity contribution in [3.63, 3.8) is 0 Å². The molecule has 0 fully saturated rings. The van der Waals surface area contributed by atoms with Crippen LogP contribution in [0.4, 0.5) is 43.7 Å². The second-order valence-corrected chi connectivity index (χ2v) is 7.85. The van der Waals surface area contributed by atoms with Crippen molar-refractivity contribution in [3.8, 4) is 0 Å². The van der Waals surface area contributed by atoms with Gasteiger partial charge in [-0.2, -0.15) is 26.3 Å². The minimum atomic E-state index is -4.41. The zero-order valence-electron chi connectivity index (χ0n) is 19.4. The number of nitrogen functional groups attached to an aromatic ring is 1. The van der Waals surface area contributed by atoms with E-state index in [2.05, 4.69) is 25.3 Å². The number of anilines is 3. The normalized spacial score (nSPS) is 10.9. The molecule has 2 aromatic carbocycles. The van der Waals surface area contributed by atoms with E-state index < -0.39 is 23.5 Å². The number of alkyl halides is 6. The molecule has 38 heavy (non-hydrogen) atoms. The third kappa shape index (κ3) is 10.4. The molecule has 0 aliphatic heterocycles. The minimum absolute atomic E-state index is 0.0850. The second-order valence-electron chi connectivity index (χ2n) is 7.05. The summed E-state index contributed by atoms with van der Waals surface area (Å²) in [6, 6.07) is 11.8. The highest BCUT2D eigenvalue weighted by Gasteiger charge is 2.31. The van der Waals surface area contributed by atoms with Gasteiger partial charge in [-0.3, -0.25) is 14.6 Å². The first-order valence-electron chi connectivity index (χ1n) is 10.3. The average Bonchev–Trinajstić information content (AvgIpc) is 2.84. The zero-order chi connectivity index (χ0) is 28.3. The quantitative estimate of drug-likeness (QED) is 0.116. The Hall–Kier alpha value is -4.27. The zero-order valence-corrected chi connectivity index (χ0v) is 20.2. The summed E-state index contributed by atoms with van der Waals surface area (Å²) in [6.07, 6.45) is -4.09. The number of halogens is 6. The van der Waals surface area contributed by atoms with E-state index in [4.69, 9.17) is 5.73 Å². The summed E-state index contributed by atoms with van der Waals surface area (Å²) in [7, 11) is 0. The number of nitrogens with one attached hydrogen (secondary N) is 3. The third-order valence-electron chi connectivity index (χ3n) is 4.18. The van der Waals surface area contributed by atoms with E-state index in [-0.39, 0.29) is 28.4 Å². The SMILES string of the molecule is CSc1nccc(=O)[nH]1.Nc1cccc(C(F)(F)F)c1.O=c1ccnc(Nc2cccc(C(F)(F)F)c2)[nH]1. The standard InChI is InChI=1S/C11H8F3N3O.C7H6F3N.C5H6N2OS/c12-11(13,14)7-2-1-3-8(6-7)16-10-15-5-4-9(18)17-10;8-7(9,10)5-2-1-3-6(11)4-5;1-9-5-6-3-2-4(8)7-5/h1-6H,(H2,15,16,17,18);1-4H,11H2;2-3H,1H3,(H,6,7,8). The number of aromatic amines is 2. The first kappa shape index (κ1) is 30.0. The summed E-state index contributed by atoms with van der Waals surface area (Å²) >= 11 is 1.42. The number of hydrogen-bond acceptors (Lipinski definition) is 7. The summed E-state index contributed by atoms with van der Waals surface area (Å²) in [6.45, 7) is 0. The molecule has 0 spiro atoms. The molecule has 0 radical (unpaired) electrons. The van der Waals surface area contributed by atoms with E-state index in [1.165, 1.54) is 60.6 Å². The molecule has 0 bridgehead atoms. The van der Waals surface area contributed by atoms with Crippen LogP contribution >= 0.6 is 11.8 Å². The van der Waals surface area contributed by atoms with Gasteiger partial charge in [0, 0.05) is 35.9 Å². The van der Waals surface area contributed by atoms with E-state index in [1.807, 2.05) is 6.26 Å². The van der Waals surface area contributed by atoms with Crippen molar-refractivity contribution in [2.24, 2.45) is 0 Å². The van der Waals surface area contributed by atoms with Crippen LogP contribution in [0.25, 0.3) is 0 Å². The molecular formula is C23H20F6N6O2S. The highest BCUT2D eigenvalue weighted by molar-refractivity contribution is 7.98. The molecule has 0 saturated heterocycles. The number of rotatable bonds is 3. The maximum Gasteiger partial charge on any atom is 0.416 e. The second kappa shape index (κ2) is 13.3. The third-order valence-corrected chi connectivity index (χ3v) is 4.77. The van der Waals surface area contributed by atoms with Crippen LogP contribution in [0.5, 0.6) is 0 Å². The number of H-pyrrole nitrogens is 2. The lowest BCUT2D eigenvalue weighted by molar-refractivity contribution is -0.138. The Labute approximate surface area is 215 Å². The van der Waals surface area contributed by atoms with Crippen molar-refractivity contribution in [1.29, 1.82) is 0 Å². The summed E-state index contributed by atoms with van der Waals surface area (Å²) in [5.74, 6) is 0.0850. The predicted molar refractivity (Wildman–Crippen MR) is 132 cm³/mol. The van der Waals surface area contributed by atoms with Gasteiger partial charge in [-0.1, -0.05) is 23.9 Å². The minimum Gasteiger partial charge on any atom is -0.399 e. The number of benzene rings is 2. The molecule has 15 heteroatoms. The molecular weight excluding hydrogens is 538 g/mol. The van der Waals surface area contributed by atoms with Gasteiger partial charge in [0.15, 0.2) is 5.16 Å². The van der Waals surface area contributed by atoms with Crippen molar-refractivity contribution >= 4 is 29.1 Å². The summed E-state index contributed by atoms with van der Waals surface area (Å²) in [5, 5.41) is 3.25. The molecule has 4 rings (SSSR count). The summed E-state index contributed by atoms with van der Waals surface area (Å²) in [4.78, 5) is 34.1. The number of nitrogens with two attached hydrogens (primary N) is 1. The molecule has 0 saturated carbocycles. The van der Waals surface area contributed by atoms with Gasteiger partial charge in [0.2, 0.25) is 5.95 Å². The van der Waals surface area contributed by atoms with E-state index in [0.717, 1.165) is 24.3 Å². The van der Waals surface area contributed by atoms with Gasteiger partial charge in [0.05, 0.1) is 11.1 Å². The molecule has 5 N–H and O–H groups in total. The lowest BCUT2D eigenvalue weighted by atomic mass is 10.2. The fraction of sp³-hybridized carbons (Fsp3) is 0.130. The van der Waals surface area contributed by atoms with E-state index in [1.54, 1.807) is 0 Å². The van der Waals surface area contributed by atoms with E-state index >= 15 is 0 Å².